The normalized spacial score (nSPS) is 17.6. The van der Waals surface area contributed by atoms with E-state index in [1.54, 1.807) is 0 Å². The van der Waals surface area contributed by atoms with Gasteiger partial charge in [0.25, 0.3) is 0 Å². The minimum absolute atomic E-state index is 0.525. The first-order chi connectivity index (χ1) is 8.70. The molecule has 0 aromatic carbocycles. The van der Waals surface area contributed by atoms with Gasteiger partial charge in [0.2, 0.25) is 0 Å². The molecular formula is C14H23NS3. The smallest absolute Gasteiger partial charge is 0.103 e. The molecule has 1 aromatic heterocycles. The highest BCUT2D eigenvalue weighted by molar-refractivity contribution is 7.99. The lowest BCUT2D eigenvalue weighted by atomic mass is 10.0. The molecule has 0 atom stereocenters. The van der Waals surface area contributed by atoms with Gasteiger partial charge in [-0.1, -0.05) is 33.1 Å². The first-order valence-electron chi connectivity index (χ1n) is 6.91. The monoisotopic (exact) mass is 301 g/mol. The van der Waals surface area contributed by atoms with Gasteiger partial charge in [0.1, 0.15) is 5.01 Å². The van der Waals surface area contributed by atoms with Gasteiger partial charge in [0, 0.05) is 21.6 Å². The third kappa shape index (κ3) is 3.91. The van der Waals surface area contributed by atoms with Gasteiger partial charge in [-0.3, -0.25) is 0 Å². The Morgan fingerprint density at radius 1 is 1.33 bits per heavy atom. The van der Waals surface area contributed by atoms with E-state index in [1.807, 2.05) is 11.3 Å². The number of thiazole rings is 1. The lowest BCUT2D eigenvalue weighted by Gasteiger charge is -2.20. The second-order valence-electron chi connectivity index (χ2n) is 5.30. The molecule has 1 nitrogen and oxygen atoms in total. The molecule has 2 rings (SSSR count). The third-order valence-electron chi connectivity index (χ3n) is 3.46. The molecule has 1 heterocycles. The highest BCUT2D eigenvalue weighted by Crippen LogP contribution is 2.33. The second-order valence-corrected chi connectivity index (χ2v) is 8.07. The molecule has 0 N–H and O–H groups in total. The van der Waals surface area contributed by atoms with Gasteiger partial charge in [0.05, 0.1) is 5.69 Å². The topological polar surface area (TPSA) is 12.9 Å². The van der Waals surface area contributed by atoms with Crippen molar-refractivity contribution < 1.29 is 0 Å². The number of thiol groups is 1. The van der Waals surface area contributed by atoms with Gasteiger partial charge in [-0.2, -0.15) is 24.4 Å². The average Bonchev–Trinajstić information content (AvgIpc) is 2.81. The van der Waals surface area contributed by atoms with Crippen LogP contribution in [0.1, 0.15) is 67.4 Å². The number of rotatable bonds is 5. The van der Waals surface area contributed by atoms with Crippen LogP contribution in [-0.2, 0) is 11.5 Å². The molecule has 1 fully saturated rings. The minimum atomic E-state index is 0.525. The van der Waals surface area contributed by atoms with Gasteiger partial charge in [0.15, 0.2) is 0 Å². The number of hydrogen-bond acceptors (Lipinski definition) is 4. The highest BCUT2D eigenvalue weighted by Gasteiger charge is 2.17. The second kappa shape index (κ2) is 7.20. The molecule has 1 aromatic rings. The molecular weight excluding hydrogens is 278 g/mol. The maximum atomic E-state index is 4.81. The molecule has 0 spiro atoms. The Balaban J connectivity index is 1.92. The van der Waals surface area contributed by atoms with Crippen LogP contribution in [0, 0.1) is 0 Å². The molecule has 0 radical (unpaired) electrons. The van der Waals surface area contributed by atoms with Crippen molar-refractivity contribution in [1.82, 2.24) is 4.98 Å². The lowest BCUT2D eigenvalue weighted by molar-refractivity contribution is 0.516. The molecule has 0 unspecified atom stereocenters. The van der Waals surface area contributed by atoms with E-state index < -0.39 is 0 Å². The summed E-state index contributed by atoms with van der Waals surface area (Å²) in [6, 6.07) is 0. The van der Waals surface area contributed by atoms with E-state index >= 15 is 0 Å². The predicted octanol–water partition coefficient (Wildman–Crippen LogP) is 5.26. The first-order valence-corrected chi connectivity index (χ1v) is 9.41. The zero-order valence-corrected chi connectivity index (χ0v) is 13.8. The minimum Gasteiger partial charge on any atom is -0.245 e. The molecule has 0 saturated heterocycles. The molecule has 1 aliphatic rings. The van der Waals surface area contributed by atoms with Crippen LogP contribution < -0.4 is 0 Å². The number of nitrogens with zero attached hydrogens (tertiary/aromatic N) is 1. The quantitative estimate of drug-likeness (QED) is 0.745. The van der Waals surface area contributed by atoms with E-state index in [4.69, 9.17) is 4.98 Å². The summed E-state index contributed by atoms with van der Waals surface area (Å²) in [6.45, 7) is 4.44. The largest absolute Gasteiger partial charge is 0.245 e. The Kier molecular flexibility index (Phi) is 5.90. The molecule has 102 valence electrons. The average molecular weight is 302 g/mol. The van der Waals surface area contributed by atoms with Crippen LogP contribution in [0.3, 0.4) is 0 Å². The SMILES string of the molecule is CC(C)c1nc(CSC2CCCCC2)sc1CS. The number of hydrogen-bond donors (Lipinski definition) is 1. The van der Waals surface area contributed by atoms with Crippen molar-refractivity contribution in [2.75, 3.05) is 0 Å². The Hall–Kier alpha value is 0.330. The van der Waals surface area contributed by atoms with Crippen LogP contribution >= 0.6 is 35.7 Å². The van der Waals surface area contributed by atoms with Gasteiger partial charge >= 0.3 is 0 Å². The van der Waals surface area contributed by atoms with E-state index in [0.29, 0.717) is 5.92 Å². The lowest BCUT2D eigenvalue weighted by Crippen LogP contribution is -2.08. The van der Waals surface area contributed by atoms with E-state index in [-0.39, 0.29) is 0 Å². The maximum Gasteiger partial charge on any atom is 0.103 e. The third-order valence-corrected chi connectivity index (χ3v) is 6.62. The van der Waals surface area contributed by atoms with E-state index in [1.165, 1.54) is 47.7 Å². The molecule has 1 aliphatic carbocycles. The summed E-state index contributed by atoms with van der Waals surface area (Å²) >= 11 is 8.41. The van der Waals surface area contributed by atoms with Crippen LogP contribution in [0.4, 0.5) is 0 Å². The van der Waals surface area contributed by atoms with Crippen molar-refractivity contribution in [3.8, 4) is 0 Å². The van der Waals surface area contributed by atoms with E-state index in [2.05, 4.69) is 38.2 Å². The van der Waals surface area contributed by atoms with Gasteiger partial charge in [-0.05, 0) is 18.8 Å². The zero-order valence-electron chi connectivity index (χ0n) is 11.3. The van der Waals surface area contributed by atoms with Crippen molar-refractivity contribution >= 4 is 35.7 Å². The maximum absolute atomic E-state index is 4.81. The summed E-state index contributed by atoms with van der Waals surface area (Å²) in [4.78, 5) is 6.18. The molecule has 1 saturated carbocycles. The molecule has 4 heteroatoms. The summed E-state index contributed by atoms with van der Waals surface area (Å²) in [7, 11) is 0. The van der Waals surface area contributed by atoms with Crippen LogP contribution in [0.2, 0.25) is 0 Å². The highest BCUT2D eigenvalue weighted by atomic mass is 32.2. The number of aromatic nitrogens is 1. The predicted molar refractivity (Wildman–Crippen MR) is 87.1 cm³/mol. The van der Waals surface area contributed by atoms with Crippen LogP contribution in [0.25, 0.3) is 0 Å². The summed E-state index contributed by atoms with van der Waals surface area (Å²) in [5, 5.41) is 2.18. The number of thioether (sulfide) groups is 1. The van der Waals surface area contributed by atoms with E-state index in [0.717, 1.165) is 16.8 Å². The molecule has 18 heavy (non-hydrogen) atoms. The Labute approximate surface area is 125 Å². The van der Waals surface area contributed by atoms with Crippen LogP contribution in [-0.4, -0.2) is 10.2 Å². The van der Waals surface area contributed by atoms with Crippen molar-refractivity contribution in [2.24, 2.45) is 0 Å². The van der Waals surface area contributed by atoms with E-state index in [9.17, 15) is 0 Å². The Bertz CT molecular complexity index is 367. The van der Waals surface area contributed by atoms with Gasteiger partial charge in [-0.15, -0.1) is 11.3 Å². The van der Waals surface area contributed by atoms with Gasteiger partial charge < -0.3 is 0 Å². The summed E-state index contributed by atoms with van der Waals surface area (Å²) in [5.74, 6) is 2.46. The van der Waals surface area contributed by atoms with Gasteiger partial charge in [-0.25, -0.2) is 4.98 Å². The van der Waals surface area contributed by atoms with Crippen LogP contribution in [0.15, 0.2) is 0 Å². The zero-order chi connectivity index (χ0) is 13.0. The standard InChI is InChI=1S/C14H23NS3/c1-10(2)14-12(8-16)18-13(15-14)9-17-11-6-4-3-5-7-11/h10-11,16H,3-9H2,1-2H3. The Morgan fingerprint density at radius 2 is 2.06 bits per heavy atom. The Morgan fingerprint density at radius 3 is 2.61 bits per heavy atom. The fourth-order valence-electron chi connectivity index (χ4n) is 2.46. The summed E-state index contributed by atoms with van der Waals surface area (Å²) < 4.78 is 0. The fraction of sp³-hybridized carbons (Fsp3) is 0.786. The molecule has 0 bridgehead atoms. The summed E-state index contributed by atoms with van der Waals surface area (Å²) in [6.07, 6.45) is 7.11. The fourth-order valence-corrected chi connectivity index (χ4v) is 5.24. The summed E-state index contributed by atoms with van der Waals surface area (Å²) in [5.41, 5.74) is 1.27. The molecule has 0 aliphatic heterocycles. The van der Waals surface area contributed by atoms with Crippen molar-refractivity contribution in [3.05, 3.63) is 15.6 Å². The first kappa shape index (κ1) is 14.7. The van der Waals surface area contributed by atoms with Crippen molar-refractivity contribution in [2.45, 2.75) is 68.6 Å². The molecule has 0 amide bonds. The van der Waals surface area contributed by atoms with Crippen LogP contribution in [0.5, 0.6) is 0 Å². The van der Waals surface area contributed by atoms with Crippen molar-refractivity contribution in [1.29, 1.82) is 0 Å². The van der Waals surface area contributed by atoms with Crippen molar-refractivity contribution in [3.63, 3.8) is 0 Å².